The number of halogens is 1. The van der Waals surface area contributed by atoms with Crippen LogP contribution < -0.4 is 9.47 Å². The first-order valence-electron chi connectivity index (χ1n) is 9.33. The zero-order valence-corrected chi connectivity index (χ0v) is 19.7. The number of amides is 1. The minimum Gasteiger partial charge on any atom is -0.490 e. The van der Waals surface area contributed by atoms with Crippen LogP contribution in [0.3, 0.4) is 0 Å². The van der Waals surface area contributed by atoms with E-state index in [0.717, 1.165) is 15.6 Å². The Balaban J connectivity index is 1.89. The number of likely N-dealkylation sites (N-methyl/N-ethyl adjacent to an activating group) is 1. The number of thioether (sulfide) groups is 1. The van der Waals surface area contributed by atoms with Crippen molar-refractivity contribution in [3.05, 3.63) is 62.5 Å². The first kappa shape index (κ1) is 21.9. The molecule has 1 fully saturated rings. The van der Waals surface area contributed by atoms with Crippen molar-refractivity contribution in [1.82, 2.24) is 4.90 Å². The Kier molecular flexibility index (Phi) is 7.38. The van der Waals surface area contributed by atoms with E-state index in [1.165, 1.54) is 17.3 Å². The fourth-order valence-corrected chi connectivity index (χ4v) is 4.88. The van der Waals surface area contributed by atoms with E-state index in [1.54, 1.807) is 4.90 Å². The monoisotopic (exact) mass is 491 g/mol. The third-order valence-corrected chi connectivity index (χ3v) is 6.42. The number of thiocarbonyl (C=S) groups is 1. The minimum absolute atomic E-state index is 0.0588. The molecular formula is C22H22BrNO3S2. The maximum absolute atomic E-state index is 12.5. The molecule has 0 aromatic heterocycles. The summed E-state index contributed by atoms with van der Waals surface area (Å²) in [5.41, 5.74) is 3.14. The van der Waals surface area contributed by atoms with Crippen LogP contribution in [-0.4, -0.2) is 28.3 Å². The second-order valence-corrected chi connectivity index (χ2v) is 8.93. The van der Waals surface area contributed by atoms with Crippen molar-refractivity contribution >= 4 is 56.2 Å². The van der Waals surface area contributed by atoms with E-state index in [9.17, 15) is 4.79 Å². The number of rotatable bonds is 7. The molecule has 7 heteroatoms. The van der Waals surface area contributed by atoms with Gasteiger partial charge >= 0.3 is 0 Å². The maximum atomic E-state index is 12.5. The van der Waals surface area contributed by atoms with Gasteiger partial charge in [0.1, 0.15) is 10.9 Å². The van der Waals surface area contributed by atoms with Gasteiger partial charge in [0.15, 0.2) is 11.5 Å². The molecule has 0 N–H and O–H groups in total. The fourth-order valence-electron chi connectivity index (χ4n) is 2.92. The molecule has 3 rings (SSSR count). The molecule has 0 saturated carbocycles. The highest BCUT2D eigenvalue weighted by Crippen LogP contribution is 2.39. The largest absolute Gasteiger partial charge is 0.490 e. The third-order valence-electron chi connectivity index (χ3n) is 4.45. The Labute approximate surface area is 189 Å². The van der Waals surface area contributed by atoms with Crippen LogP contribution in [0.1, 0.15) is 30.5 Å². The zero-order chi connectivity index (χ0) is 21.0. The molecule has 2 aromatic rings. The van der Waals surface area contributed by atoms with Crippen LogP contribution in [0.25, 0.3) is 6.08 Å². The van der Waals surface area contributed by atoms with Gasteiger partial charge in [-0.25, -0.2) is 0 Å². The van der Waals surface area contributed by atoms with Crippen LogP contribution >= 0.6 is 39.9 Å². The van der Waals surface area contributed by atoms with Crippen LogP contribution in [0.2, 0.25) is 0 Å². The van der Waals surface area contributed by atoms with Crippen LogP contribution in [-0.2, 0) is 11.4 Å². The zero-order valence-electron chi connectivity index (χ0n) is 16.5. The van der Waals surface area contributed by atoms with Crippen LogP contribution in [0, 0.1) is 6.92 Å². The lowest BCUT2D eigenvalue weighted by Crippen LogP contribution is -2.27. The topological polar surface area (TPSA) is 38.8 Å². The SMILES string of the molecule is CCOc1cc(/C=C2/SC(=S)N(CC)C2=O)cc(Br)c1OCc1ccccc1C. The van der Waals surface area contributed by atoms with Gasteiger partial charge in [-0.2, -0.15) is 0 Å². The van der Waals surface area contributed by atoms with Gasteiger partial charge in [-0.1, -0.05) is 48.2 Å². The Bertz CT molecular complexity index is 975. The van der Waals surface area contributed by atoms with Crippen molar-refractivity contribution in [2.24, 2.45) is 0 Å². The summed E-state index contributed by atoms with van der Waals surface area (Å²) in [6.45, 7) is 7.43. The van der Waals surface area contributed by atoms with Crippen LogP contribution in [0.5, 0.6) is 11.5 Å². The second kappa shape index (κ2) is 9.78. The lowest BCUT2D eigenvalue weighted by Gasteiger charge is -2.15. The average Bonchev–Trinajstić information content (AvgIpc) is 2.95. The van der Waals surface area contributed by atoms with Crippen molar-refractivity contribution in [3.8, 4) is 11.5 Å². The maximum Gasteiger partial charge on any atom is 0.266 e. The summed E-state index contributed by atoms with van der Waals surface area (Å²) in [4.78, 5) is 14.7. The summed E-state index contributed by atoms with van der Waals surface area (Å²) in [5.74, 6) is 1.22. The van der Waals surface area contributed by atoms with Gasteiger partial charge in [0, 0.05) is 6.54 Å². The molecule has 1 amide bonds. The molecule has 0 radical (unpaired) electrons. The van der Waals surface area contributed by atoms with Gasteiger partial charge in [-0.05, 0) is 71.6 Å². The predicted octanol–water partition coefficient (Wildman–Crippen LogP) is 5.96. The summed E-state index contributed by atoms with van der Waals surface area (Å²) in [6, 6.07) is 11.9. The number of benzene rings is 2. The lowest BCUT2D eigenvalue weighted by atomic mass is 10.1. The molecule has 1 aliphatic heterocycles. The highest BCUT2D eigenvalue weighted by atomic mass is 79.9. The second-order valence-electron chi connectivity index (χ2n) is 6.40. The smallest absolute Gasteiger partial charge is 0.266 e. The molecule has 0 spiro atoms. The Hall–Kier alpha value is -1.83. The molecule has 29 heavy (non-hydrogen) atoms. The lowest BCUT2D eigenvalue weighted by molar-refractivity contribution is -0.121. The van der Waals surface area contributed by atoms with Gasteiger partial charge in [-0.3, -0.25) is 9.69 Å². The molecule has 0 unspecified atom stereocenters. The highest BCUT2D eigenvalue weighted by Gasteiger charge is 2.30. The number of nitrogens with zero attached hydrogens (tertiary/aromatic N) is 1. The molecule has 1 heterocycles. The van der Waals surface area contributed by atoms with E-state index < -0.39 is 0 Å². The summed E-state index contributed by atoms with van der Waals surface area (Å²) < 4.78 is 13.3. The van der Waals surface area contributed by atoms with Crippen molar-refractivity contribution < 1.29 is 14.3 Å². The molecule has 1 saturated heterocycles. The van der Waals surface area contributed by atoms with Crippen molar-refractivity contribution in [1.29, 1.82) is 0 Å². The van der Waals surface area contributed by atoms with Gasteiger partial charge < -0.3 is 9.47 Å². The number of carbonyl (C=O) groups excluding carboxylic acids is 1. The number of hydrogen-bond donors (Lipinski definition) is 0. The molecule has 152 valence electrons. The standard InChI is InChI=1S/C22H22BrNO3S2/c1-4-24-21(25)19(29-22(24)28)12-15-10-17(23)20(18(11-15)26-5-2)27-13-16-9-7-6-8-14(16)3/h6-12H,4-5,13H2,1-3H3/b19-12+. The van der Waals surface area contributed by atoms with Gasteiger partial charge in [0.05, 0.1) is 16.0 Å². The minimum atomic E-state index is -0.0588. The number of carbonyl (C=O) groups is 1. The predicted molar refractivity (Wildman–Crippen MR) is 126 cm³/mol. The number of hydrogen-bond acceptors (Lipinski definition) is 5. The quantitative estimate of drug-likeness (QED) is 0.353. The molecule has 0 bridgehead atoms. The summed E-state index contributed by atoms with van der Waals surface area (Å²) in [6.07, 6.45) is 1.84. The van der Waals surface area contributed by atoms with E-state index in [2.05, 4.69) is 28.9 Å². The molecule has 1 aliphatic rings. The highest BCUT2D eigenvalue weighted by molar-refractivity contribution is 9.10. The van der Waals surface area contributed by atoms with Crippen molar-refractivity contribution in [2.75, 3.05) is 13.2 Å². The Morgan fingerprint density at radius 1 is 1.21 bits per heavy atom. The van der Waals surface area contributed by atoms with Gasteiger partial charge in [-0.15, -0.1) is 0 Å². The first-order chi connectivity index (χ1) is 13.9. The Morgan fingerprint density at radius 2 is 1.97 bits per heavy atom. The van der Waals surface area contributed by atoms with Crippen LogP contribution in [0.15, 0.2) is 45.8 Å². The van der Waals surface area contributed by atoms with E-state index in [1.807, 2.05) is 50.3 Å². The normalized spacial score (nSPS) is 15.3. The van der Waals surface area contributed by atoms with Gasteiger partial charge in [0.25, 0.3) is 5.91 Å². The van der Waals surface area contributed by atoms with Crippen LogP contribution in [0.4, 0.5) is 0 Å². The van der Waals surface area contributed by atoms with Crippen molar-refractivity contribution in [3.63, 3.8) is 0 Å². The fraction of sp³-hybridized carbons (Fsp3) is 0.273. The number of aryl methyl sites for hydroxylation is 1. The first-order valence-corrected chi connectivity index (χ1v) is 11.3. The molecular weight excluding hydrogens is 470 g/mol. The number of ether oxygens (including phenoxy) is 2. The van der Waals surface area contributed by atoms with E-state index in [-0.39, 0.29) is 5.91 Å². The summed E-state index contributed by atoms with van der Waals surface area (Å²) >= 11 is 10.2. The van der Waals surface area contributed by atoms with Gasteiger partial charge in [0.2, 0.25) is 0 Å². The average molecular weight is 492 g/mol. The van der Waals surface area contributed by atoms with E-state index in [0.29, 0.717) is 40.5 Å². The van der Waals surface area contributed by atoms with E-state index in [4.69, 9.17) is 21.7 Å². The summed E-state index contributed by atoms with van der Waals surface area (Å²) in [5, 5.41) is 0. The molecule has 0 atom stereocenters. The molecule has 4 nitrogen and oxygen atoms in total. The third kappa shape index (κ3) is 5.02. The Morgan fingerprint density at radius 3 is 2.62 bits per heavy atom. The van der Waals surface area contributed by atoms with Crippen molar-refractivity contribution in [2.45, 2.75) is 27.4 Å². The van der Waals surface area contributed by atoms with E-state index >= 15 is 0 Å². The molecule has 2 aromatic carbocycles. The molecule has 0 aliphatic carbocycles. The summed E-state index contributed by atoms with van der Waals surface area (Å²) in [7, 11) is 0.